The van der Waals surface area contributed by atoms with E-state index in [1.807, 2.05) is 61.9 Å². The molecule has 0 radical (unpaired) electrons. The van der Waals surface area contributed by atoms with Crippen LogP contribution >= 0.6 is 23.6 Å². The summed E-state index contributed by atoms with van der Waals surface area (Å²) in [4.78, 5) is 26.0. The number of aromatic nitrogens is 1. The van der Waals surface area contributed by atoms with Crippen molar-refractivity contribution in [2.24, 2.45) is 0 Å². The molecule has 26 heavy (non-hydrogen) atoms. The average Bonchev–Trinajstić information content (AvgIpc) is 2.87. The van der Waals surface area contributed by atoms with Crippen LogP contribution in [0, 0.1) is 10.9 Å². The predicted molar refractivity (Wildman–Crippen MR) is 109 cm³/mol. The fraction of sp³-hybridized carbons (Fsp3) is 0.421. The van der Waals surface area contributed by atoms with E-state index in [-0.39, 0.29) is 30.4 Å². The molecule has 0 saturated carbocycles. The summed E-state index contributed by atoms with van der Waals surface area (Å²) in [5.41, 5.74) is 2.79. The molecule has 0 aliphatic heterocycles. The van der Waals surface area contributed by atoms with Crippen molar-refractivity contribution in [1.82, 2.24) is 14.8 Å². The van der Waals surface area contributed by atoms with Gasteiger partial charge in [0.05, 0.1) is 12.2 Å². The molecule has 0 fully saturated rings. The summed E-state index contributed by atoms with van der Waals surface area (Å²) in [6, 6.07) is 8.11. The molecule has 0 bridgehead atoms. The highest BCUT2D eigenvalue weighted by Crippen LogP contribution is 2.24. The standard InChI is InChI=1S/C19H25N3O2S2/c1-13-6-8-14(9-7-13)15-12-26-18(25)22(15)11-17(24)21(5)10-16(23)20-19(2,3)4/h6-9,12H,10-11H2,1-5H3,(H,20,23). The lowest BCUT2D eigenvalue weighted by Gasteiger charge is -2.23. The van der Waals surface area contributed by atoms with Gasteiger partial charge in [0.25, 0.3) is 0 Å². The van der Waals surface area contributed by atoms with Crippen molar-refractivity contribution >= 4 is 35.4 Å². The Morgan fingerprint density at radius 2 is 1.85 bits per heavy atom. The zero-order valence-electron chi connectivity index (χ0n) is 15.8. The minimum Gasteiger partial charge on any atom is -0.350 e. The topological polar surface area (TPSA) is 54.3 Å². The van der Waals surface area contributed by atoms with Crippen LogP contribution in [0.2, 0.25) is 0 Å². The van der Waals surface area contributed by atoms with Crippen molar-refractivity contribution in [3.05, 3.63) is 39.2 Å². The van der Waals surface area contributed by atoms with Gasteiger partial charge in [-0.25, -0.2) is 0 Å². The fourth-order valence-corrected chi connectivity index (χ4v) is 3.52. The molecule has 5 nitrogen and oxygen atoms in total. The van der Waals surface area contributed by atoms with Crippen LogP contribution in [0.1, 0.15) is 26.3 Å². The number of rotatable bonds is 5. The lowest BCUT2D eigenvalue weighted by atomic mass is 10.1. The Labute approximate surface area is 163 Å². The van der Waals surface area contributed by atoms with E-state index in [0.717, 1.165) is 11.3 Å². The monoisotopic (exact) mass is 391 g/mol. The second-order valence-corrected chi connectivity index (χ2v) is 8.89. The minimum atomic E-state index is -0.324. The summed E-state index contributed by atoms with van der Waals surface area (Å²) in [6.07, 6.45) is 0. The highest BCUT2D eigenvalue weighted by atomic mass is 32.1. The smallest absolute Gasteiger partial charge is 0.242 e. The SMILES string of the molecule is Cc1ccc(-c2csc(=S)n2CC(=O)N(C)CC(=O)NC(C)(C)C)cc1. The van der Waals surface area contributed by atoms with Gasteiger partial charge in [0, 0.05) is 18.0 Å². The molecule has 0 saturated heterocycles. The van der Waals surface area contributed by atoms with Gasteiger partial charge < -0.3 is 14.8 Å². The van der Waals surface area contributed by atoms with Gasteiger partial charge in [-0.05, 0) is 45.5 Å². The number of hydrogen-bond acceptors (Lipinski definition) is 4. The predicted octanol–water partition coefficient (Wildman–Crippen LogP) is 3.63. The molecule has 1 aromatic heterocycles. The zero-order valence-corrected chi connectivity index (χ0v) is 17.5. The Kier molecular flexibility index (Phi) is 6.36. The second-order valence-electron chi connectivity index (χ2n) is 7.39. The number of nitrogens with zero attached hydrogens (tertiary/aromatic N) is 2. The number of carbonyl (C=O) groups is 2. The van der Waals surface area contributed by atoms with Gasteiger partial charge in [-0.3, -0.25) is 9.59 Å². The van der Waals surface area contributed by atoms with Crippen molar-refractivity contribution < 1.29 is 9.59 Å². The van der Waals surface area contributed by atoms with Gasteiger partial charge in [0.1, 0.15) is 6.54 Å². The van der Waals surface area contributed by atoms with E-state index in [1.165, 1.54) is 21.8 Å². The van der Waals surface area contributed by atoms with Gasteiger partial charge in [0.2, 0.25) is 11.8 Å². The average molecular weight is 392 g/mol. The lowest BCUT2D eigenvalue weighted by Crippen LogP contribution is -2.46. The third kappa shape index (κ3) is 5.51. The maximum absolute atomic E-state index is 12.6. The summed E-state index contributed by atoms with van der Waals surface area (Å²) < 4.78 is 2.46. The van der Waals surface area contributed by atoms with Crippen LogP contribution < -0.4 is 5.32 Å². The number of nitrogens with one attached hydrogen (secondary N) is 1. The molecule has 2 amide bonds. The van der Waals surface area contributed by atoms with Gasteiger partial charge in [-0.15, -0.1) is 11.3 Å². The first-order chi connectivity index (χ1) is 12.1. The third-order valence-corrected chi connectivity index (χ3v) is 5.02. The Bertz CT molecular complexity index is 845. The number of likely N-dealkylation sites (N-methyl/N-ethyl adjacent to an activating group) is 1. The van der Waals surface area contributed by atoms with E-state index in [9.17, 15) is 9.59 Å². The highest BCUT2D eigenvalue weighted by molar-refractivity contribution is 7.73. The first kappa shape index (κ1) is 20.3. The maximum atomic E-state index is 12.6. The molecule has 0 aliphatic rings. The molecule has 1 heterocycles. The van der Waals surface area contributed by atoms with E-state index < -0.39 is 0 Å². The normalized spacial score (nSPS) is 11.3. The van der Waals surface area contributed by atoms with Crippen LogP contribution in [0.4, 0.5) is 0 Å². The van der Waals surface area contributed by atoms with Gasteiger partial charge in [-0.1, -0.05) is 29.8 Å². The molecule has 0 aliphatic carbocycles. The molecular formula is C19H25N3O2S2. The number of hydrogen-bond donors (Lipinski definition) is 1. The second kappa shape index (κ2) is 8.14. The van der Waals surface area contributed by atoms with Crippen molar-refractivity contribution in [2.75, 3.05) is 13.6 Å². The van der Waals surface area contributed by atoms with E-state index in [2.05, 4.69) is 5.32 Å². The van der Waals surface area contributed by atoms with E-state index >= 15 is 0 Å². The first-order valence-electron chi connectivity index (χ1n) is 8.37. The number of amides is 2. The molecule has 2 aromatic rings. The van der Waals surface area contributed by atoms with Gasteiger partial charge in [-0.2, -0.15) is 0 Å². The van der Waals surface area contributed by atoms with Crippen LogP contribution in [-0.4, -0.2) is 40.4 Å². The summed E-state index contributed by atoms with van der Waals surface area (Å²) in [5, 5.41) is 4.82. The Balaban J connectivity index is 2.12. The maximum Gasteiger partial charge on any atom is 0.242 e. The van der Waals surface area contributed by atoms with E-state index in [0.29, 0.717) is 3.95 Å². The molecule has 140 valence electrons. The van der Waals surface area contributed by atoms with Crippen molar-refractivity contribution in [3.8, 4) is 11.3 Å². The lowest BCUT2D eigenvalue weighted by molar-refractivity contribution is -0.135. The third-order valence-electron chi connectivity index (χ3n) is 3.74. The van der Waals surface area contributed by atoms with E-state index in [1.54, 1.807) is 7.05 Å². The number of aryl methyl sites for hydroxylation is 1. The molecule has 0 atom stereocenters. The van der Waals surface area contributed by atoms with E-state index in [4.69, 9.17) is 12.2 Å². The Hall–Kier alpha value is -1.99. The molecule has 0 spiro atoms. The Morgan fingerprint density at radius 3 is 2.42 bits per heavy atom. The fourth-order valence-electron chi connectivity index (χ4n) is 2.45. The molecule has 1 N–H and O–H groups in total. The molecule has 2 rings (SSSR count). The quantitative estimate of drug-likeness (QED) is 0.792. The zero-order chi connectivity index (χ0) is 19.5. The van der Waals surface area contributed by atoms with Crippen LogP contribution in [0.25, 0.3) is 11.3 Å². The summed E-state index contributed by atoms with van der Waals surface area (Å²) in [5.74, 6) is -0.335. The van der Waals surface area contributed by atoms with Gasteiger partial charge >= 0.3 is 0 Å². The van der Waals surface area contributed by atoms with Crippen LogP contribution in [0.3, 0.4) is 0 Å². The number of carbonyl (C=O) groups excluding carboxylic acids is 2. The Morgan fingerprint density at radius 1 is 1.23 bits per heavy atom. The number of thiazole rings is 1. The van der Waals surface area contributed by atoms with Gasteiger partial charge in [0.15, 0.2) is 3.95 Å². The molecular weight excluding hydrogens is 366 g/mol. The van der Waals surface area contributed by atoms with Crippen LogP contribution in [0.15, 0.2) is 29.6 Å². The highest BCUT2D eigenvalue weighted by Gasteiger charge is 2.19. The van der Waals surface area contributed by atoms with Crippen molar-refractivity contribution in [3.63, 3.8) is 0 Å². The van der Waals surface area contributed by atoms with Crippen molar-refractivity contribution in [1.29, 1.82) is 0 Å². The largest absolute Gasteiger partial charge is 0.350 e. The van der Waals surface area contributed by atoms with Crippen LogP contribution in [0.5, 0.6) is 0 Å². The van der Waals surface area contributed by atoms with Crippen molar-refractivity contribution in [2.45, 2.75) is 39.8 Å². The summed E-state index contributed by atoms with van der Waals surface area (Å²) in [6.45, 7) is 7.89. The molecule has 1 aromatic carbocycles. The first-order valence-corrected chi connectivity index (χ1v) is 9.66. The number of benzene rings is 1. The molecule has 0 unspecified atom stereocenters. The van der Waals surface area contributed by atoms with Crippen LogP contribution in [-0.2, 0) is 16.1 Å². The molecule has 7 heteroatoms. The minimum absolute atomic E-state index is 0.0213. The summed E-state index contributed by atoms with van der Waals surface area (Å²) in [7, 11) is 1.63. The summed E-state index contributed by atoms with van der Waals surface area (Å²) >= 11 is 6.83.